The number of anilines is 1. The Hall–Kier alpha value is -3.64. The Bertz CT molecular complexity index is 1210. The minimum absolute atomic E-state index is 0.113. The van der Waals surface area contributed by atoms with E-state index < -0.39 is 0 Å². The summed E-state index contributed by atoms with van der Waals surface area (Å²) in [6.45, 7) is 6.07. The highest BCUT2D eigenvalue weighted by Gasteiger charge is 2.20. The highest BCUT2D eigenvalue weighted by molar-refractivity contribution is 7.71. The Balaban J connectivity index is 1.37. The normalized spacial score (nSPS) is 13.9. The van der Waals surface area contributed by atoms with Crippen molar-refractivity contribution in [2.75, 3.05) is 37.7 Å². The van der Waals surface area contributed by atoms with Crippen LogP contribution in [-0.4, -0.2) is 58.4 Å². The van der Waals surface area contributed by atoms with Crippen molar-refractivity contribution < 1.29 is 9.53 Å². The lowest BCUT2D eigenvalue weighted by Gasteiger charge is -2.24. The highest BCUT2D eigenvalue weighted by Crippen LogP contribution is 2.22. The first-order valence-electron chi connectivity index (χ1n) is 11.5. The van der Waals surface area contributed by atoms with Crippen LogP contribution in [0.2, 0.25) is 0 Å². The minimum Gasteiger partial charge on any atom is -0.494 e. The van der Waals surface area contributed by atoms with Crippen molar-refractivity contribution >= 4 is 23.8 Å². The van der Waals surface area contributed by atoms with E-state index in [1.54, 1.807) is 0 Å². The van der Waals surface area contributed by atoms with Crippen LogP contribution in [0.25, 0.3) is 11.4 Å². The van der Waals surface area contributed by atoms with Gasteiger partial charge in [-0.2, -0.15) is 10.4 Å². The van der Waals surface area contributed by atoms with Gasteiger partial charge in [0.2, 0.25) is 5.91 Å². The number of H-pyrrole nitrogens is 1. The summed E-state index contributed by atoms with van der Waals surface area (Å²) in [6.07, 6.45) is 1.25. The number of rotatable bonds is 7. The number of nitriles is 1. The van der Waals surface area contributed by atoms with Gasteiger partial charge in [-0.05, 0) is 74.1 Å². The Morgan fingerprint density at radius 1 is 1.12 bits per heavy atom. The molecular weight excluding hydrogens is 448 g/mol. The van der Waals surface area contributed by atoms with Crippen molar-refractivity contribution in [1.82, 2.24) is 19.7 Å². The summed E-state index contributed by atoms with van der Waals surface area (Å²) in [7, 11) is 0. The Labute approximate surface area is 204 Å². The molecule has 0 bridgehead atoms. The predicted octanol–water partition coefficient (Wildman–Crippen LogP) is 4.01. The topological polar surface area (TPSA) is 90.2 Å². The molecule has 0 aliphatic carbocycles. The molecule has 0 unspecified atom stereocenters. The number of benzene rings is 2. The van der Waals surface area contributed by atoms with Crippen LogP contribution in [0.4, 0.5) is 5.69 Å². The quantitative estimate of drug-likeness (QED) is 0.518. The van der Waals surface area contributed by atoms with Gasteiger partial charge >= 0.3 is 0 Å². The van der Waals surface area contributed by atoms with Crippen molar-refractivity contribution in [3.8, 4) is 23.2 Å². The number of carbonyl (C=O) groups is 1. The van der Waals surface area contributed by atoms with Gasteiger partial charge in [-0.15, -0.1) is 0 Å². The van der Waals surface area contributed by atoms with Crippen LogP contribution in [0.1, 0.15) is 25.3 Å². The van der Waals surface area contributed by atoms with E-state index in [2.05, 4.69) is 21.2 Å². The largest absolute Gasteiger partial charge is 0.494 e. The SMILES string of the molecule is CCOc1ccc(-c2n[nH]c(=S)n2CCC(=O)N2CCCN(c3ccc(C#N)cc3)CC2)cc1. The molecule has 1 aromatic heterocycles. The smallest absolute Gasteiger partial charge is 0.224 e. The zero-order chi connectivity index (χ0) is 23.9. The van der Waals surface area contributed by atoms with Crippen LogP contribution < -0.4 is 9.64 Å². The number of hydrogen-bond donors (Lipinski definition) is 1. The molecule has 2 heterocycles. The van der Waals surface area contributed by atoms with E-state index in [4.69, 9.17) is 22.2 Å². The van der Waals surface area contributed by atoms with Crippen molar-refractivity contribution in [3.63, 3.8) is 0 Å². The summed E-state index contributed by atoms with van der Waals surface area (Å²) < 4.78 is 7.89. The molecule has 9 heteroatoms. The van der Waals surface area contributed by atoms with Gasteiger partial charge in [0.25, 0.3) is 0 Å². The van der Waals surface area contributed by atoms with Crippen LogP contribution in [0.15, 0.2) is 48.5 Å². The van der Waals surface area contributed by atoms with E-state index in [9.17, 15) is 4.79 Å². The molecule has 0 atom stereocenters. The predicted molar refractivity (Wildman–Crippen MR) is 133 cm³/mol. The van der Waals surface area contributed by atoms with Gasteiger partial charge in [0.1, 0.15) is 5.75 Å². The van der Waals surface area contributed by atoms with Gasteiger partial charge in [-0.3, -0.25) is 14.5 Å². The van der Waals surface area contributed by atoms with Crippen LogP contribution in [0.5, 0.6) is 5.75 Å². The third-order valence-corrected chi connectivity index (χ3v) is 6.25. The molecule has 0 saturated carbocycles. The second-order valence-electron chi connectivity index (χ2n) is 8.09. The molecular formula is C25H28N6O2S. The second kappa shape index (κ2) is 11.0. The van der Waals surface area contributed by atoms with Crippen molar-refractivity contribution in [2.24, 2.45) is 0 Å². The number of aromatic nitrogens is 3. The fourth-order valence-electron chi connectivity index (χ4n) is 4.15. The van der Waals surface area contributed by atoms with Crippen molar-refractivity contribution in [1.29, 1.82) is 5.26 Å². The molecule has 1 amide bonds. The molecule has 1 N–H and O–H groups in total. The summed E-state index contributed by atoms with van der Waals surface area (Å²) in [5.74, 6) is 1.63. The average molecular weight is 477 g/mol. The van der Waals surface area contributed by atoms with Crippen molar-refractivity contribution in [2.45, 2.75) is 26.3 Å². The molecule has 1 aliphatic rings. The Kier molecular flexibility index (Phi) is 7.60. The molecule has 4 rings (SSSR count). The van der Waals surface area contributed by atoms with E-state index in [-0.39, 0.29) is 5.91 Å². The lowest BCUT2D eigenvalue weighted by molar-refractivity contribution is -0.131. The average Bonchev–Trinajstić information content (AvgIpc) is 3.06. The molecule has 1 saturated heterocycles. The summed E-state index contributed by atoms with van der Waals surface area (Å²) in [6, 6.07) is 17.5. The van der Waals surface area contributed by atoms with Gasteiger partial charge in [0, 0.05) is 50.4 Å². The van der Waals surface area contributed by atoms with Gasteiger partial charge in [-0.25, -0.2) is 0 Å². The maximum Gasteiger partial charge on any atom is 0.224 e. The molecule has 1 fully saturated rings. The standard InChI is InChI=1S/C25H28N6O2S/c1-2-33-22-10-6-20(7-11-22)24-27-28-25(34)31(24)15-12-23(32)30-14-3-13-29(16-17-30)21-8-4-19(18-26)5-9-21/h4-11H,2-3,12-17H2,1H3,(H,28,34). The van der Waals surface area contributed by atoms with Crippen LogP contribution in [0.3, 0.4) is 0 Å². The first-order chi connectivity index (χ1) is 16.6. The van der Waals surface area contributed by atoms with Crippen molar-refractivity contribution in [3.05, 3.63) is 58.9 Å². The van der Waals surface area contributed by atoms with E-state index in [1.807, 2.05) is 64.9 Å². The third-order valence-electron chi connectivity index (χ3n) is 5.94. The highest BCUT2D eigenvalue weighted by atomic mass is 32.1. The maximum atomic E-state index is 13.0. The maximum absolute atomic E-state index is 13.0. The van der Waals surface area contributed by atoms with Gasteiger partial charge in [-0.1, -0.05) is 0 Å². The van der Waals surface area contributed by atoms with Gasteiger partial charge in [0.05, 0.1) is 18.2 Å². The van der Waals surface area contributed by atoms with E-state index in [0.717, 1.165) is 43.1 Å². The zero-order valence-electron chi connectivity index (χ0n) is 19.2. The third kappa shape index (κ3) is 5.46. The molecule has 176 valence electrons. The number of nitrogens with zero attached hydrogens (tertiary/aromatic N) is 5. The summed E-state index contributed by atoms with van der Waals surface area (Å²) >= 11 is 5.43. The molecule has 2 aromatic carbocycles. The number of ether oxygens (including phenoxy) is 1. The molecule has 1 aliphatic heterocycles. The molecule has 0 spiro atoms. The molecule has 8 nitrogen and oxygen atoms in total. The fourth-order valence-corrected chi connectivity index (χ4v) is 4.37. The fraction of sp³-hybridized carbons (Fsp3) is 0.360. The molecule has 34 heavy (non-hydrogen) atoms. The van der Waals surface area contributed by atoms with Gasteiger partial charge in [0.15, 0.2) is 10.6 Å². The van der Waals surface area contributed by atoms with E-state index in [1.165, 1.54) is 0 Å². The first-order valence-corrected chi connectivity index (χ1v) is 11.9. The number of nitrogens with one attached hydrogen (secondary N) is 1. The number of aromatic amines is 1. The van der Waals surface area contributed by atoms with E-state index >= 15 is 0 Å². The summed E-state index contributed by atoms with van der Waals surface area (Å²) in [5, 5.41) is 16.2. The monoisotopic (exact) mass is 476 g/mol. The lowest BCUT2D eigenvalue weighted by atomic mass is 10.2. The summed E-state index contributed by atoms with van der Waals surface area (Å²) in [4.78, 5) is 17.2. The minimum atomic E-state index is 0.113. The zero-order valence-corrected chi connectivity index (χ0v) is 20.1. The first kappa shape index (κ1) is 23.5. The Morgan fingerprint density at radius 3 is 2.59 bits per heavy atom. The van der Waals surface area contributed by atoms with Gasteiger partial charge < -0.3 is 14.5 Å². The van der Waals surface area contributed by atoms with Crippen LogP contribution in [-0.2, 0) is 11.3 Å². The number of carbonyl (C=O) groups excluding carboxylic acids is 1. The molecule has 3 aromatic rings. The second-order valence-corrected chi connectivity index (χ2v) is 8.48. The number of hydrogen-bond acceptors (Lipinski definition) is 6. The van der Waals surface area contributed by atoms with Crippen LogP contribution >= 0.6 is 12.2 Å². The number of amides is 1. The summed E-state index contributed by atoms with van der Waals surface area (Å²) in [5.41, 5.74) is 2.65. The molecule has 0 radical (unpaired) electrons. The van der Waals surface area contributed by atoms with Crippen LogP contribution in [0, 0.1) is 16.1 Å². The lowest BCUT2D eigenvalue weighted by Crippen LogP contribution is -2.35. The Morgan fingerprint density at radius 2 is 1.88 bits per heavy atom. The van der Waals surface area contributed by atoms with E-state index in [0.29, 0.717) is 42.3 Å².